The number of carbonyl (C=O) groups excluding carboxylic acids is 1. The van der Waals surface area contributed by atoms with Crippen molar-refractivity contribution in [2.24, 2.45) is 12.8 Å². The molecule has 122 valence electrons. The minimum atomic E-state index is -0.504. The van der Waals surface area contributed by atoms with Gasteiger partial charge in [0.1, 0.15) is 0 Å². The second-order valence-electron chi connectivity index (χ2n) is 5.86. The molecule has 2 N–H and O–H groups in total. The molecule has 1 amide bonds. The maximum atomic E-state index is 12.1. The normalized spacial score (nSPS) is 11.1. The van der Waals surface area contributed by atoms with Gasteiger partial charge in [0.2, 0.25) is 5.91 Å². The number of pyridine rings is 1. The molecule has 0 radical (unpaired) electrons. The Kier molecular flexibility index (Phi) is 3.32. The summed E-state index contributed by atoms with van der Waals surface area (Å²) in [4.78, 5) is 32.5. The summed E-state index contributed by atoms with van der Waals surface area (Å²) < 4.78 is 1.54. The molecule has 2 aromatic heterocycles. The lowest BCUT2D eigenvalue weighted by molar-refractivity contribution is 0.100. The summed E-state index contributed by atoms with van der Waals surface area (Å²) in [6.07, 6.45) is 3.41. The van der Waals surface area contributed by atoms with Gasteiger partial charge < -0.3 is 10.3 Å². The third-order valence-corrected chi connectivity index (χ3v) is 4.20. The zero-order chi connectivity index (χ0) is 17.6. The molecule has 0 aliphatic heterocycles. The van der Waals surface area contributed by atoms with Crippen molar-refractivity contribution in [1.29, 1.82) is 0 Å². The molecule has 2 heterocycles. The second-order valence-corrected chi connectivity index (χ2v) is 5.86. The summed E-state index contributed by atoms with van der Waals surface area (Å²) in [6, 6.07) is 12.4. The number of nitrogens with zero attached hydrogens (tertiary/aromatic N) is 3. The van der Waals surface area contributed by atoms with Crippen LogP contribution >= 0.6 is 0 Å². The van der Waals surface area contributed by atoms with E-state index in [0.29, 0.717) is 27.7 Å². The fourth-order valence-corrected chi connectivity index (χ4v) is 2.81. The predicted molar refractivity (Wildman–Crippen MR) is 96.2 cm³/mol. The molecule has 0 saturated carbocycles. The van der Waals surface area contributed by atoms with Crippen LogP contribution in [0.4, 0.5) is 0 Å². The number of hydrogen-bond acceptors (Lipinski definition) is 4. The lowest BCUT2D eigenvalue weighted by Gasteiger charge is -2.06. The van der Waals surface area contributed by atoms with Gasteiger partial charge in [-0.3, -0.25) is 14.6 Å². The summed E-state index contributed by atoms with van der Waals surface area (Å²) in [5.74, 6) is -0.504. The van der Waals surface area contributed by atoms with Gasteiger partial charge >= 0.3 is 0 Å². The van der Waals surface area contributed by atoms with Gasteiger partial charge in [0.05, 0.1) is 22.9 Å². The summed E-state index contributed by atoms with van der Waals surface area (Å²) in [7, 11) is 1.72. The lowest BCUT2D eigenvalue weighted by Crippen LogP contribution is -2.15. The highest BCUT2D eigenvalue weighted by atomic mass is 16.1. The van der Waals surface area contributed by atoms with Crippen LogP contribution in [0, 0.1) is 0 Å². The number of benzene rings is 2. The molecule has 2 aromatic carbocycles. The number of hydrogen-bond donors (Lipinski definition) is 1. The van der Waals surface area contributed by atoms with Crippen LogP contribution in [0.2, 0.25) is 0 Å². The Morgan fingerprint density at radius 3 is 2.72 bits per heavy atom. The summed E-state index contributed by atoms with van der Waals surface area (Å²) in [6.45, 7) is 0. The van der Waals surface area contributed by atoms with E-state index in [1.165, 1.54) is 0 Å². The smallest absolute Gasteiger partial charge is 0.258 e. The Balaban J connectivity index is 1.88. The topological polar surface area (TPSA) is 90.9 Å². The number of amides is 1. The maximum absolute atomic E-state index is 12.1. The number of aryl methyl sites for hydroxylation is 1. The van der Waals surface area contributed by atoms with E-state index in [1.807, 2.05) is 18.2 Å². The van der Waals surface area contributed by atoms with Crippen LogP contribution in [-0.4, -0.2) is 20.4 Å². The van der Waals surface area contributed by atoms with Crippen LogP contribution in [0.25, 0.3) is 33.1 Å². The van der Waals surface area contributed by atoms with Gasteiger partial charge in [-0.1, -0.05) is 6.07 Å². The Morgan fingerprint density at radius 2 is 1.92 bits per heavy atom. The third kappa shape index (κ3) is 2.53. The van der Waals surface area contributed by atoms with Crippen LogP contribution in [0.15, 0.2) is 59.7 Å². The van der Waals surface area contributed by atoms with Crippen molar-refractivity contribution in [3.63, 3.8) is 0 Å². The van der Waals surface area contributed by atoms with Gasteiger partial charge in [0, 0.05) is 29.8 Å². The number of carbonyl (C=O) groups is 1. The molecule has 0 aliphatic rings. The van der Waals surface area contributed by atoms with Gasteiger partial charge in [0.15, 0.2) is 0 Å². The number of fused-ring (bicyclic) bond motifs is 2. The molecule has 0 saturated heterocycles. The quantitative estimate of drug-likeness (QED) is 0.610. The lowest BCUT2D eigenvalue weighted by atomic mass is 10.1. The van der Waals surface area contributed by atoms with E-state index in [1.54, 1.807) is 48.3 Å². The molecule has 0 unspecified atom stereocenters. The Bertz CT molecular complexity index is 1210. The molecule has 0 spiro atoms. The molecule has 25 heavy (non-hydrogen) atoms. The number of primary amides is 1. The average Bonchev–Trinajstić information content (AvgIpc) is 2.63. The first-order valence-corrected chi connectivity index (χ1v) is 7.69. The fraction of sp³-hybridized carbons (Fsp3) is 0.0526. The Labute approximate surface area is 142 Å². The van der Waals surface area contributed by atoms with Crippen molar-refractivity contribution >= 4 is 27.7 Å². The molecule has 6 heteroatoms. The van der Waals surface area contributed by atoms with Crippen LogP contribution in [0.1, 0.15) is 10.4 Å². The second kappa shape index (κ2) is 5.52. The first-order chi connectivity index (χ1) is 12.0. The Morgan fingerprint density at radius 1 is 1.08 bits per heavy atom. The number of aromatic nitrogens is 3. The standard InChI is InChI=1S/C19H14N4O2/c1-23-7-6-11-8-12(2-4-14(11)19(23)25)17-10-21-15-5-3-13(18(20)24)9-16(15)22-17/h2-10H,1H3,(H2,20,24). The zero-order valence-electron chi connectivity index (χ0n) is 13.4. The van der Waals surface area contributed by atoms with E-state index in [4.69, 9.17) is 5.73 Å². The molecule has 4 aromatic rings. The minimum Gasteiger partial charge on any atom is -0.366 e. The Hall–Kier alpha value is -3.54. The van der Waals surface area contributed by atoms with Crippen molar-refractivity contribution in [3.05, 3.63) is 70.8 Å². The first kappa shape index (κ1) is 15.0. The largest absolute Gasteiger partial charge is 0.366 e. The van der Waals surface area contributed by atoms with Crippen molar-refractivity contribution in [3.8, 4) is 11.3 Å². The fourth-order valence-electron chi connectivity index (χ4n) is 2.81. The highest BCUT2D eigenvalue weighted by Gasteiger charge is 2.08. The van der Waals surface area contributed by atoms with Gasteiger partial charge in [-0.25, -0.2) is 4.98 Å². The van der Waals surface area contributed by atoms with Gasteiger partial charge in [-0.2, -0.15) is 0 Å². The molecule has 4 rings (SSSR count). The molecule has 0 aliphatic carbocycles. The van der Waals surface area contributed by atoms with Crippen molar-refractivity contribution in [2.75, 3.05) is 0 Å². The zero-order valence-corrected chi connectivity index (χ0v) is 13.4. The highest BCUT2D eigenvalue weighted by Crippen LogP contribution is 2.23. The van der Waals surface area contributed by atoms with Crippen LogP contribution in [0.3, 0.4) is 0 Å². The molecule has 6 nitrogen and oxygen atoms in total. The number of rotatable bonds is 2. The van der Waals surface area contributed by atoms with Gasteiger partial charge in [-0.05, 0) is 41.8 Å². The molecule has 0 fully saturated rings. The van der Waals surface area contributed by atoms with Crippen molar-refractivity contribution in [1.82, 2.24) is 14.5 Å². The average molecular weight is 330 g/mol. The summed E-state index contributed by atoms with van der Waals surface area (Å²) in [5.41, 5.74) is 8.46. The van der Waals surface area contributed by atoms with Crippen LogP contribution in [-0.2, 0) is 7.05 Å². The van der Waals surface area contributed by atoms with E-state index < -0.39 is 5.91 Å². The van der Waals surface area contributed by atoms with Gasteiger partial charge in [0.25, 0.3) is 5.56 Å². The predicted octanol–water partition coefficient (Wildman–Crippen LogP) is 2.25. The molecule has 0 bridgehead atoms. The van der Waals surface area contributed by atoms with Crippen molar-refractivity contribution in [2.45, 2.75) is 0 Å². The van der Waals surface area contributed by atoms with Crippen LogP contribution < -0.4 is 11.3 Å². The molecular weight excluding hydrogens is 316 g/mol. The van der Waals surface area contributed by atoms with E-state index in [9.17, 15) is 9.59 Å². The highest BCUT2D eigenvalue weighted by molar-refractivity contribution is 5.96. The summed E-state index contributed by atoms with van der Waals surface area (Å²) in [5, 5.41) is 1.49. The first-order valence-electron chi connectivity index (χ1n) is 7.69. The monoisotopic (exact) mass is 330 g/mol. The summed E-state index contributed by atoms with van der Waals surface area (Å²) >= 11 is 0. The van der Waals surface area contributed by atoms with E-state index in [2.05, 4.69) is 9.97 Å². The van der Waals surface area contributed by atoms with E-state index in [0.717, 1.165) is 10.9 Å². The van der Waals surface area contributed by atoms with Crippen molar-refractivity contribution < 1.29 is 4.79 Å². The van der Waals surface area contributed by atoms with Gasteiger partial charge in [-0.15, -0.1) is 0 Å². The third-order valence-electron chi connectivity index (χ3n) is 4.20. The van der Waals surface area contributed by atoms with E-state index in [-0.39, 0.29) is 5.56 Å². The minimum absolute atomic E-state index is 0.0419. The SMILES string of the molecule is Cn1ccc2cc(-c3cnc4ccc(C(N)=O)cc4n3)ccc2c1=O. The van der Waals surface area contributed by atoms with Crippen LogP contribution in [0.5, 0.6) is 0 Å². The molecule has 0 atom stereocenters. The molecular formula is C19H14N4O2. The van der Waals surface area contributed by atoms with E-state index >= 15 is 0 Å². The number of nitrogens with two attached hydrogens (primary N) is 1. The maximum Gasteiger partial charge on any atom is 0.258 e.